The molecule has 0 saturated heterocycles. The lowest BCUT2D eigenvalue weighted by atomic mass is 10.1. The molecule has 0 atom stereocenters. The molecular formula is C27H27N5O4S. The molecule has 10 heteroatoms. The van der Waals surface area contributed by atoms with Gasteiger partial charge in [-0.05, 0) is 42.8 Å². The summed E-state index contributed by atoms with van der Waals surface area (Å²) in [6, 6.07) is 16.5. The second kappa shape index (κ2) is 9.70. The van der Waals surface area contributed by atoms with Gasteiger partial charge in [-0.25, -0.2) is 18.4 Å². The minimum absolute atomic E-state index is 0.143. The molecule has 0 unspecified atom stereocenters. The molecule has 0 saturated carbocycles. The first-order valence-electron chi connectivity index (χ1n) is 11.9. The van der Waals surface area contributed by atoms with Crippen LogP contribution in [0.4, 0.5) is 23.0 Å². The Morgan fingerprint density at radius 2 is 1.78 bits per heavy atom. The van der Waals surface area contributed by atoms with Crippen molar-refractivity contribution in [3.8, 4) is 5.75 Å². The highest BCUT2D eigenvalue weighted by Crippen LogP contribution is 2.37. The van der Waals surface area contributed by atoms with Crippen molar-refractivity contribution in [1.29, 1.82) is 0 Å². The highest BCUT2D eigenvalue weighted by atomic mass is 32.2. The van der Waals surface area contributed by atoms with Crippen molar-refractivity contribution in [3.63, 3.8) is 0 Å². The lowest BCUT2D eigenvalue weighted by molar-refractivity contribution is 0.0994. The quantitative estimate of drug-likeness (QED) is 0.388. The van der Waals surface area contributed by atoms with E-state index in [1.807, 2.05) is 54.3 Å². The zero-order valence-corrected chi connectivity index (χ0v) is 21.6. The summed E-state index contributed by atoms with van der Waals surface area (Å²) in [5.74, 6) is 1.78. The van der Waals surface area contributed by atoms with Crippen LogP contribution in [0.1, 0.15) is 22.8 Å². The Bertz CT molecular complexity index is 1610. The number of benzene rings is 2. The fourth-order valence-corrected chi connectivity index (χ4v) is 5.10. The van der Waals surface area contributed by atoms with E-state index in [9.17, 15) is 13.2 Å². The molecule has 190 valence electrons. The van der Waals surface area contributed by atoms with E-state index in [1.165, 1.54) is 0 Å². The molecule has 5 rings (SSSR count). The summed E-state index contributed by atoms with van der Waals surface area (Å²) in [6.45, 7) is 2.97. The Balaban J connectivity index is 1.38. The standard InChI is InChI=1S/C27H27N5O4S/c1-4-32-25-21(27(33)31(2)23-10-7-14-28-26(23)32)16-18(17-29-25)13-15-36-24-12-11-22(30-37(3,34)35)19-8-5-6-9-20(19)24/h5-12,14,16-17,30H,4,13,15H2,1-3H3. The van der Waals surface area contributed by atoms with Crippen molar-refractivity contribution >= 4 is 49.7 Å². The minimum atomic E-state index is -3.41. The number of nitrogens with zero attached hydrogens (tertiary/aromatic N) is 4. The van der Waals surface area contributed by atoms with E-state index >= 15 is 0 Å². The molecule has 1 amide bonds. The molecule has 9 nitrogen and oxygen atoms in total. The van der Waals surface area contributed by atoms with E-state index < -0.39 is 10.0 Å². The van der Waals surface area contributed by atoms with Crippen molar-refractivity contribution in [2.45, 2.75) is 13.3 Å². The van der Waals surface area contributed by atoms with E-state index in [0.29, 0.717) is 48.2 Å². The van der Waals surface area contributed by atoms with E-state index in [0.717, 1.165) is 28.3 Å². The number of amides is 1. The number of anilines is 4. The largest absolute Gasteiger partial charge is 0.493 e. The molecule has 0 spiro atoms. The van der Waals surface area contributed by atoms with E-state index in [-0.39, 0.29) is 5.91 Å². The fraction of sp³-hybridized carbons (Fsp3) is 0.222. The first-order valence-corrected chi connectivity index (χ1v) is 13.8. The topological polar surface area (TPSA) is 105 Å². The van der Waals surface area contributed by atoms with Gasteiger partial charge in [-0.2, -0.15) is 0 Å². The second-order valence-electron chi connectivity index (χ2n) is 8.80. The monoisotopic (exact) mass is 517 g/mol. The van der Waals surface area contributed by atoms with Crippen molar-refractivity contribution < 1.29 is 17.9 Å². The molecule has 0 aliphatic carbocycles. The Kier molecular flexibility index (Phi) is 6.43. The summed E-state index contributed by atoms with van der Waals surface area (Å²) in [4.78, 5) is 26.1. The van der Waals surface area contributed by atoms with E-state index in [2.05, 4.69) is 14.7 Å². The van der Waals surface area contributed by atoms with Gasteiger partial charge in [0.2, 0.25) is 10.0 Å². The smallest absolute Gasteiger partial charge is 0.261 e. The van der Waals surface area contributed by atoms with Crippen molar-refractivity contribution in [1.82, 2.24) is 9.97 Å². The summed E-state index contributed by atoms with van der Waals surface area (Å²) in [7, 11) is -1.67. The highest BCUT2D eigenvalue weighted by molar-refractivity contribution is 7.92. The predicted octanol–water partition coefficient (Wildman–Crippen LogP) is 4.37. The number of carbonyl (C=O) groups is 1. The molecule has 2 aromatic carbocycles. The van der Waals surface area contributed by atoms with Gasteiger partial charge in [-0.3, -0.25) is 9.52 Å². The Morgan fingerprint density at radius 1 is 1.00 bits per heavy atom. The van der Waals surface area contributed by atoms with Crippen LogP contribution in [0.2, 0.25) is 0 Å². The van der Waals surface area contributed by atoms with Gasteiger partial charge in [0.15, 0.2) is 5.82 Å². The average molecular weight is 518 g/mol. The number of hydrogen-bond acceptors (Lipinski definition) is 7. The van der Waals surface area contributed by atoms with Crippen LogP contribution in [0, 0.1) is 0 Å². The summed E-state index contributed by atoms with van der Waals surface area (Å²) < 4.78 is 32.1. The second-order valence-corrected chi connectivity index (χ2v) is 10.5. The number of ether oxygens (including phenoxy) is 1. The first kappa shape index (κ1) is 24.5. The van der Waals surface area contributed by atoms with Crippen LogP contribution in [-0.2, 0) is 16.4 Å². The lowest BCUT2D eigenvalue weighted by Crippen LogP contribution is -2.25. The summed E-state index contributed by atoms with van der Waals surface area (Å²) in [5, 5.41) is 1.55. The molecule has 1 N–H and O–H groups in total. The van der Waals surface area contributed by atoms with Crippen LogP contribution in [0.25, 0.3) is 10.8 Å². The van der Waals surface area contributed by atoms with Gasteiger partial charge in [0.1, 0.15) is 11.6 Å². The van der Waals surface area contributed by atoms with Crippen LogP contribution in [0.15, 0.2) is 67.0 Å². The maximum atomic E-state index is 13.3. The third kappa shape index (κ3) is 4.79. The molecule has 37 heavy (non-hydrogen) atoms. The average Bonchev–Trinajstić information content (AvgIpc) is 2.97. The van der Waals surface area contributed by atoms with Crippen LogP contribution < -0.4 is 19.3 Å². The normalized spacial score (nSPS) is 13.2. The SMILES string of the molecule is CCN1c2ncc(CCOc3ccc(NS(C)(=O)=O)c4ccccc34)cc2C(=O)N(C)c2cccnc21. The number of nitrogens with one attached hydrogen (secondary N) is 1. The molecule has 0 bridgehead atoms. The zero-order chi connectivity index (χ0) is 26.2. The van der Waals surface area contributed by atoms with Gasteiger partial charge in [-0.1, -0.05) is 24.3 Å². The molecule has 3 heterocycles. The van der Waals surface area contributed by atoms with Crippen molar-refractivity contribution in [3.05, 3.63) is 78.1 Å². The van der Waals surface area contributed by atoms with Crippen LogP contribution in [-0.4, -0.2) is 50.7 Å². The molecule has 2 aromatic heterocycles. The van der Waals surface area contributed by atoms with Gasteiger partial charge in [0, 0.05) is 43.2 Å². The molecule has 1 aliphatic heterocycles. The maximum Gasteiger partial charge on any atom is 0.261 e. The third-order valence-corrected chi connectivity index (χ3v) is 6.83. The van der Waals surface area contributed by atoms with Gasteiger partial charge >= 0.3 is 0 Å². The molecule has 0 fully saturated rings. The summed E-state index contributed by atoms with van der Waals surface area (Å²) in [6.07, 6.45) is 5.14. The van der Waals surface area contributed by atoms with E-state index in [1.54, 1.807) is 36.5 Å². The minimum Gasteiger partial charge on any atom is -0.493 e. The summed E-state index contributed by atoms with van der Waals surface area (Å²) in [5.41, 5.74) is 2.62. The number of pyridine rings is 2. The van der Waals surface area contributed by atoms with Crippen molar-refractivity contribution in [2.24, 2.45) is 0 Å². The molecular weight excluding hydrogens is 490 g/mol. The Hall–Kier alpha value is -4.18. The van der Waals surface area contributed by atoms with Crippen LogP contribution >= 0.6 is 0 Å². The maximum absolute atomic E-state index is 13.3. The molecule has 4 aromatic rings. The van der Waals surface area contributed by atoms with Gasteiger partial charge in [0.05, 0.1) is 29.8 Å². The number of sulfonamides is 1. The van der Waals surface area contributed by atoms with Gasteiger partial charge < -0.3 is 14.5 Å². The van der Waals surface area contributed by atoms with Gasteiger partial charge in [-0.15, -0.1) is 0 Å². The number of aromatic nitrogens is 2. The fourth-order valence-electron chi connectivity index (χ4n) is 4.52. The van der Waals surface area contributed by atoms with Crippen LogP contribution in [0.3, 0.4) is 0 Å². The number of hydrogen-bond donors (Lipinski definition) is 1. The van der Waals surface area contributed by atoms with E-state index in [4.69, 9.17) is 4.74 Å². The number of fused-ring (bicyclic) bond motifs is 3. The lowest BCUT2D eigenvalue weighted by Gasteiger charge is -2.22. The summed E-state index contributed by atoms with van der Waals surface area (Å²) >= 11 is 0. The third-order valence-electron chi connectivity index (χ3n) is 6.24. The van der Waals surface area contributed by atoms with Crippen LogP contribution in [0.5, 0.6) is 5.75 Å². The molecule has 0 radical (unpaired) electrons. The first-order chi connectivity index (χ1) is 17.8. The zero-order valence-electron chi connectivity index (χ0n) is 20.8. The predicted molar refractivity (Wildman–Crippen MR) is 146 cm³/mol. The number of rotatable bonds is 7. The number of carbonyl (C=O) groups excluding carboxylic acids is 1. The molecule has 1 aliphatic rings. The highest BCUT2D eigenvalue weighted by Gasteiger charge is 2.30. The Labute approximate surface area is 215 Å². The Morgan fingerprint density at radius 3 is 2.54 bits per heavy atom. The van der Waals surface area contributed by atoms with Gasteiger partial charge in [0.25, 0.3) is 5.91 Å². The van der Waals surface area contributed by atoms with Crippen molar-refractivity contribution in [2.75, 3.05) is 41.0 Å².